The van der Waals surface area contributed by atoms with Crippen LogP contribution in [0.3, 0.4) is 0 Å². The van der Waals surface area contributed by atoms with Crippen LogP contribution in [0.2, 0.25) is 0 Å². The molecule has 23 heavy (non-hydrogen) atoms. The SMILES string of the molecule is CCCCCCCCCCCCCCCCCN(CC)CC.O. The van der Waals surface area contributed by atoms with Crippen molar-refractivity contribution >= 4 is 0 Å². The molecule has 2 nitrogen and oxygen atoms in total. The van der Waals surface area contributed by atoms with Crippen LogP contribution in [0.4, 0.5) is 0 Å². The van der Waals surface area contributed by atoms with Crippen molar-refractivity contribution in [1.29, 1.82) is 0 Å². The average molecular weight is 330 g/mol. The summed E-state index contributed by atoms with van der Waals surface area (Å²) in [5.41, 5.74) is 0. The Hall–Kier alpha value is -0.0800. The minimum absolute atomic E-state index is 0. The molecule has 0 rings (SSSR count). The van der Waals surface area contributed by atoms with Gasteiger partial charge in [-0.05, 0) is 26.1 Å². The van der Waals surface area contributed by atoms with Gasteiger partial charge in [0.05, 0.1) is 0 Å². The summed E-state index contributed by atoms with van der Waals surface area (Å²) in [6, 6.07) is 0. The first-order valence-electron chi connectivity index (χ1n) is 10.6. The summed E-state index contributed by atoms with van der Waals surface area (Å²) in [4.78, 5) is 2.54. The number of unbranched alkanes of at least 4 members (excludes halogenated alkanes) is 14. The van der Waals surface area contributed by atoms with E-state index in [4.69, 9.17) is 0 Å². The average Bonchev–Trinajstić information content (AvgIpc) is 2.55. The van der Waals surface area contributed by atoms with Crippen molar-refractivity contribution in [1.82, 2.24) is 4.90 Å². The second-order valence-corrected chi connectivity index (χ2v) is 6.98. The third kappa shape index (κ3) is 19.9. The summed E-state index contributed by atoms with van der Waals surface area (Å²) in [5.74, 6) is 0. The molecule has 0 aromatic carbocycles. The van der Waals surface area contributed by atoms with Crippen LogP contribution in [0, 0.1) is 0 Å². The Bertz CT molecular complexity index is 192. The summed E-state index contributed by atoms with van der Waals surface area (Å²) >= 11 is 0. The van der Waals surface area contributed by atoms with Gasteiger partial charge >= 0.3 is 0 Å². The van der Waals surface area contributed by atoms with Crippen molar-refractivity contribution in [3.8, 4) is 0 Å². The molecule has 142 valence electrons. The van der Waals surface area contributed by atoms with E-state index in [2.05, 4.69) is 25.7 Å². The predicted molar refractivity (Wildman–Crippen MR) is 106 cm³/mol. The van der Waals surface area contributed by atoms with E-state index < -0.39 is 0 Å². The van der Waals surface area contributed by atoms with E-state index in [1.54, 1.807) is 0 Å². The smallest absolute Gasteiger partial charge is 0.00190 e. The molecule has 0 aliphatic rings. The largest absolute Gasteiger partial charge is 0.412 e. The van der Waals surface area contributed by atoms with Gasteiger partial charge in [0, 0.05) is 0 Å². The van der Waals surface area contributed by atoms with Gasteiger partial charge in [-0.2, -0.15) is 0 Å². The lowest BCUT2D eigenvalue weighted by atomic mass is 10.0. The van der Waals surface area contributed by atoms with Crippen molar-refractivity contribution in [3.63, 3.8) is 0 Å². The minimum Gasteiger partial charge on any atom is -0.412 e. The van der Waals surface area contributed by atoms with Crippen molar-refractivity contribution in [2.45, 2.75) is 117 Å². The zero-order valence-electron chi connectivity index (χ0n) is 16.7. The molecular weight excluding hydrogens is 282 g/mol. The fourth-order valence-corrected chi connectivity index (χ4v) is 3.25. The van der Waals surface area contributed by atoms with Crippen LogP contribution in [0.25, 0.3) is 0 Å². The first-order chi connectivity index (χ1) is 10.8. The van der Waals surface area contributed by atoms with E-state index >= 15 is 0 Å². The molecule has 0 saturated carbocycles. The molecule has 0 saturated heterocycles. The maximum Gasteiger partial charge on any atom is -0.00190 e. The van der Waals surface area contributed by atoms with E-state index in [1.165, 1.54) is 116 Å². The van der Waals surface area contributed by atoms with Crippen LogP contribution in [0.15, 0.2) is 0 Å². The Morgan fingerprint density at radius 1 is 0.435 bits per heavy atom. The maximum atomic E-state index is 2.54. The highest BCUT2D eigenvalue weighted by Crippen LogP contribution is 2.13. The van der Waals surface area contributed by atoms with Gasteiger partial charge in [0.2, 0.25) is 0 Å². The van der Waals surface area contributed by atoms with Crippen LogP contribution < -0.4 is 0 Å². The molecule has 0 aliphatic carbocycles. The molecule has 0 unspecified atom stereocenters. The highest BCUT2D eigenvalue weighted by atomic mass is 16.0. The van der Waals surface area contributed by atoms with Crippen molar-refractivity contribution in [3.05, 3.63) is 0 Å². The molecule has 0 aliphatic heterocycles. The molecule has 0 heterocycles. The first kappa shape index (κ1) is 25.2. The highest BCUT2D eigenvalue weighted by molar-refractivity contribution is 4.53. The van der Waals surface area contributed by atoms with Crippen LogP contribution in [0.1, 0.15) is 117 Å². The molecule has 0 atom stereocenters. The van der Waals surface area contributed by atoms with Gasteiger partial charge in [0.25, 0.3) is 0 Å². The van der Waals surface area contributed by atoms with Crippen molar-refractivity contribution < 1.29 is 5.48 Å². The van der Waals surface area contributed by atoms with Crippen LogP contribution in [-0.4, -0.2) is 30.0 Å². The van der Waals surface area contributed by atoms with Crippen LogP contribution in [-0.2, 0) is 0 Å². The molecule has 0 bridgehead atoms. The second kappa shape index (κ2) is 21.9. The van der Waals surface area contributed by atoms with E-state index in [1.807, 2.05) is 0 Å². The maximum absolute atomic E-state index is 2.54. The molecule has 0 amide bonds. The van der Waals surface area contributed by atoms with Gasteiger partial charge in [0.1, 0.15) is 0 Å². The first-order valence-corrected chi connectivity index (χ1v) is 10.6. The van der Waals surface area contributed by atoms with E-state index in [9.17, 15) is 0 Å². The lowest BCUT2D eigenvalue weighted by molar-refractivity contribution is 0.295. The Morgan fingerprint density at radius 2 is 0.739 bits per heavy atom. The second-order valence-electron chi connectivity index (χ2n) is 6.98. The molecule has 0 radical (unpaired) electrons. The third-order valence-electron chi connectivity index (χ3n) is 4.97. The number of hydrogen-bond donors (Lipinski definition) is 0. The Balaban J connectivity index is 0. The Kier molecular flexibility index (Phi) is 24.0. The van der Waals surface area contributed by atoms with E-state index in [-0.39, 0.29) is 5.48 Å². The van der Waals surface area contributed by atoms with Crippen LogP contribution in [0.5, 0.6) is 0 Å². The molecule has 0 spiro atoms. The normalized spacial score (nSPS) is 11.0. The molecule has 0 aromatic heterocycles. The van der Waals surface area contributed by atoms with Gasteiger partial charge in [-0.1, -0.05) is 111 Å². The summed E-state index contributed by atoms with van der Waals surface area (Å²) in [5, 5.41) is 0. The van der Waals surface area contributed by atoms with Crippen molar-refractivity contribution in [2.75, 3.05) is 19.6 Å². The quantitative estimate of drug-likeness (QED) is 0.269. The highest BCUT2D eigenvalue weighted by Gasteiger charge is 1.98. The topological polar surface area (TPSA) is 34.7 Å². The summed E-state index contributed by atoms with van der Waals surface area (Å²) in [7, 11) is 0. The molecule has 0 aromatic rings. The summed E-state index contributed by atoms with van der Waals surface area (Å²) in [6.45, 7) is 10.6. The molecule has 2 heteroatoms. The molecule has 2 N–H and O–H groups in total. The molecular formula is C21H47NO. The number of nitrogens with zero attached hydrogens (tertiary/aromatic N) is 1. The number of hydrogen-bond acceptors (Lipinski definition) is 1. The van der Waals surface area contributed by atoms with Gasteiger partial charge in [-0.25, -0.2) is 0 Å². The fourth-order valence-electron chi connectivity index (χ4n) is 3.25. The zero-order chi connectivity index (χ0) is 16.3. The predicted octanol–water partition coefficient (Wildman–Crippen LogP) is 6.37. The Labute approximate surface area is 147 Å². The molecule has 0 fully saturated rings. The van der Waals surface area contributed by atoms with E-state index in [0.717, 1.165) is 0 Å². The summed E-state index contributed by atoms with van der Waals surface area (Å²) < 4.78 is 0. The zero-order valence-corrected chi connectivity index (χ0v) is 16.7. The Morgan fingerprint density at radius 3 is 1.04 bits per heavy atom. The fraction of sp³-hybridized carbons (Fsp3) is 1.00. The number of rotatable bonds is 18. The van der Waals surface area contributed by atoms with Gasteiger partial charge in [0.15, 0.2) is 0 Å². The monoisotopic (exact) mass is 329 g/mol. The van der Waals surface area contributed by atoms with Gasteiger partial charge < -0.3 is 10.4 Å². The lowest BCUT2D eigenvalue weighted by Crippen LogP contribution is -2.23. The van der Waals surface area contributed by atoms with E-state index in [0.29, 0.717) is 0 Å². The van der Waals surface area contributed by atoms with Gasteiger partial charge in [-0.3, -0.25) is 0 Å². The minimum atomic E-state index is 0. The summed E-state index contributed by atoms with van der Waals surface area (Å²) in [6.07, 6.45) is 21.9. The lowest BCUT2D eigenvalue weighted by Gasteiger charge is -2.17. The third-order valence-corrected chi connectivity index (χ3v) is 4.97. The standard InChI is InChI=1S/C21H45N.H2O/c1-4-7-8-9-10-11-12-13-14-15-16-17-18-19-20-21-22(5-2)6-3;/h4-21H2,1-3H3;1H2. The van der Waals surface area contributed by atoms with Crippen molar-refractivity contribution in [2.24, 2.45) is 0 Å². The van der Waals surface area contributed by atoms with Gasteiger partial charge in [-0.15, -0.1) is 0 Å². The van der Waals surface area contributed by atoms with Crippen LogP contribution >= 0.6 is 0 Å².